The standard InChI is InChI=1S/C13H18N2O2S/c1-16-11-7-13-12(17-9-18-13)6-10(11)8-15-4-2-14-3-5-15/h6-7,14H,2-5,8-9H2,1H3. The number of rotatable bonds is 3. The number of piperazine rings is 1. The van der Waals surface area contributed by atoms with Crippen LogP contribution in [0.5, 0.6) is 11.5 Å². The molecular weight excluding hydrogens is 248 g/mol. The van der Waals surface area contributed by atoms with Crippen molar-refractivity contribution in [3.05, 3.63) is 17.7 Å². The predicted octanol–water partition coefficient (Wildman–Crippen LogP) is 1.54. The van der Waals surface area contributed by atoms with Crippen LogP contribution in [0.15, 0.2) is 17.0 Å². The molecule has 0 amide bonds. The molecule has 0 aromatic heterocycles. The lowest BCUT2D eigenvalue weighted by atomic mass is 10.1. The van der Waals surface area contributed by atoms with Gasteiger partial charge in [-0.25, -0.2) is 0 Å². The molecule has 5 heteroatoms. The molecule has 1 fully saturated rings. The molecule has 2 aliphatic rings. The number of benzene rings is 1. The van der Waals surface area contributed by atoms with Crippen LogP contribution < -0.4 is 14.8 Å². The molecule has 0 atom stereocenters. The van der Waals surface area contributed by atoms with Crippen LogP contribution in [0, 0.1) is 0 Å². The van der Waals surface area contributed by atoms with Crippen molar-refractivity contribution in [2.75, 3.05) is 39.2 Å². The Bertz CT molecular complexity index is 433. The van der Waals surface area contributed by atoms with Crippen LogP contribution in [0.2, 0.25) is 0 Å². The number of nitrogens with zero attached hydrogens (tertiary/aromatic N) is 1. The Morgan fingerprint density at radius 1 is 1.39 bits per heavy atom. The van der Waals surface area contributed by atoms with Gasteiger partial charge < -0.3 is 14.8 Å². The molecule has 98 valence electrons. The summed E-state index contributed by atoms with van der Waals surface area (Å²) in [5.74, 6) is 2.70. The van der Waals surface area contributed by atoms with Crippen molar-refractivity contribution < 1.29 is 9.47 Å². The highest BCUT2D eigenvalue weighted by atomic mass is 32.2. The minimum Gasteiger partial charge on any atom is -0.496 e. The second kappa shape index (κ2) is 5.38. The molecule has 3 rings (SSSR count). The molecule has 1 aromatic rings. The van der Waals surface area contributed by atoms with Crippen molar-refractivity contribution in [3.8, 4) is 11.5 Å². The van der Waals surface area contributed by atoms with Crippen molar-refractivity contribution in [1.29, 1.82) is 0 Å². The maximum atomic E-state index is 5.60. The van der Waals surface area contributed by atoms with Gasteiger partial charge in [0.25, 0.3) is 0 Å². The van der Waals surface area contributed by atoms with Crippen molar-refractivity contribution >= 4 is 11.8 Å². The van der Waals surface area contributed by atoms with Crippen LogP contribution in [-0.2, 0) is 6.54 Å². The van der Waals surface area contributed by atoms with Gasteiger partial charge in [0.15, 0.2) is 0 Å². The summed E-state index contributed by atoms with van der Waals surface area (Å²) >= 11 is 1.73. The quantitative estimate of drug-likeness (QED) is 0.897. The SMILES string of the molecule is COc1cc2c(cc1CN1CCNCC1)OCS2. The summed E-state index contributed by atoms with van der Waals surface area (Å²) in [7, 11) is 1.74. The second-order valence-electron chi connectivity index (χ2n) is 4.54. The highest BCUT2D eigenvalue weighted by Gasteiger charge is 2.19. The van der Waals surface area contributed by atoms with Crippen molar-refractivity contribution in [1.82, 2.24) is 10.2 Å². The molecule has 1 N–H and O–H groups in total. The molecule has 2 heterocycles. The molecule has 1 saturated heterocycles. The van der Waals surface area contributed by atoms with E-state index in [0.29, 0.717) is 0 Å². The van der Waals surface area contributed by atoms with Gasteiger partial charge in [-0.2, -0.15) is 0 Å². The van der Waals surface area contributed by atoms with Crippen molar-refractivity contribution in [3.63, 3.8) is 0 Å². The van der Waals surface area contributed by atoms with Gasteiger partial charge >= 0.3 is 0 Å². The fourth-order valence-corrected chi connectivity index (χ4v) is 3.15. The Balaban J connectivity index is 1.81. The monoisotopic (exact) mass is 266 g/mol. The molecule has 0 bridgehead atoms. The minimum atomic E-state index is 0.718. The van der Waals surface area contributed by atoms with E-state index in [1.165, 1.54) is 10.5 Å². The first-order valence-electron chi connectivity index (χ1n) is 6.26. The maximum Gasteiger partial charge on any atom is 0.138 e. The van der Waals surface area contributed by atoms with Crippen LogP contribution in [0.25, 0.3) is 0 Å². The highest BCUT2D eigenvalue weighted by Crippen LogP contribution is 2.40. The van der Waals surface area contributed by atoms with E-state index in [2.05, 4.69) is 22.3 Å². The summed E-state index contributed by atoms with van der Waals surface area (Å²) < 4.78 is 11.1. The number of ether oxygens (including phenoxy) is 2. The number of hydrogen-bond acceptors (Lipinski definition) is 5. The lowest BCUT2D eigenvalue weighted by Gasteiger charge is -2.27. The van der Waals surface area contributed by atoms with Crippen LogP contribution in [0.4, 0.5) is 0 Å². The van der Waals surface area contributed by atoms with Crippen molar-refractivity contribution in [2.45, 2.75) is 11.4 Å². The van der Waals surface area contributed by atoms with Gasteiger partial charge in [0.05, 0.1) is 12.0 Å². The average Bonchev–Trinajstić information content (AvgIpc) is 2.86. The summed E-state index contributed by atoms with van der Waals surface area (Å²) in [4.78, 5) is 3.64. The van der Waals surface area contributed by atoms with E-state index in [1.54, 1.807) is 18.9 Å². The number of methoxy groups -OCH3 is 1. The van der Waals surface area contributed by atoms with Gasteiger partial charge in [-0.05, 0) is 12.1 Å². The zero-order chi connectivity index (χ0) is 12.4. The van der Waals surface area contributed by atoms with E-state index in [0.717, 1.165) is 50.2 Å². The first-order valence-corrected chi connectivity index (χ1v) is 7.25. The third kappa shape index (κ3) is 2.43. The lowest BCUT2D eigenvalue weighted by Crippen LogP contribution is -2.42. The van der Waals surface area contributed by atoms with Gasteiger partial charge in [-0.1, -0.05) is 11.8 Å². The largest absolute Gasteiger partial charge is 0.496 e. The van der Waals surface area contributed by atoms with E-state index in [1.807, 2.05) is 0 Å². The number of hydrogen-bond donors (Lipinski definition) is 1. The van der Waals surface area contributed by atoms with Gasteiger partial charge in [0, 0.05) is 38.3 Å². The predicted molar refractivity (Wildman–Crippen MR) is 72.5 cm³/mol. The maximum absolute atomic E-state index is 5.60. The molecule has 1 aromatic carbocycles. The smallest absolute Gasteiger partial charge is 0.138 e. The second-order valence-corrected chi connectivity index (χ2v) is 5.51. The Kier molecular flexibility index (Phi) is 3.63. The fourth-order valence-electron chi connectivity index (χ4n) is 2.39. The molecule has 2 aliphatic heterocycles. The fraction of sp³-hybridized carbons (Fsp3) is 0.538. The van der Waals surface area contributed by atoms with E-state index in [4.69, 9.17) is 9.47 Å². The van der Waals surface area contributed by atoms with Crippen LogP contribution >= 0.6 is 11.8 Å². The number of nitrogens with one attached hydrogen (secondary N) is 1. The van der Waals surface area contributed by atoms with E-state index in [9.17, 15) is 0 Å². The molecule has 0 unspecified atom stereocenters. The highest BCUT2D eigenvalue weighted by molar-refractivity contribution is 7.99. The Morgan fingerprint density at radius 2 is 2.22 bits per heavy atom. The summed E-state index contributed by atoms with van der Waals surface area (Å²) in [6.07, 6.45) is 0. The van der Waals surface area contributed by atoms with Gasteiger partial charge in [-0.3, -0.25) is 4.90 Å². The average molecular weight is 266 g/mol. The zero-order valence-corrected chi connectivity index (χ0v) is 11.4. The molecule has 0 aliphatic carbocycles. The third-order valence-electron chi connectivity index (χ3n) is 3.38. The zero-order valence-electron chi connectivity index (χ0n) is 10.6. The molecule has 4 nitrogen and oxygen atoms in total. The van der Waals surface area contributed by atoms with Gasteiger partial charge in [-0.15, -0.1) is 0 Å². The molecular formula is C13H18N2O2S. The van der Waals surface area contributed by atoms with E-state index in [-0.39, 0.29) is 0 Å². The first kappa shape index (κ1) is 12.1. The van der Waals surface area contributed by atoms with E-state index < -0.39 is 0 Å². The molecule has 0 spiro atoms. The van der Waals surface area contributed by atoms with Crippen LogP contribution in [0.3, 0.4) is 0 Å². The Labute approximate surface area is 112 Å². The third-order valence-corrected chi connectivity index (χ3v) is 4.24. The van der Waals surface area contributed by atoms with Crippen LogP contribution in [0.1, 0.15) is 5.56 Å². The molecule has 0 saturated carbocycles. The summed E-state index contributed by atoms with van der Waals surface area (Å²) in [6.45, 7) is 5.26. The first-order chi connectivity index (χ1) is 8.86. The van der Waals surface area contributed by atoms with E-state index >= 15 is 0 Å². The molecule has 0 radical (unpaired) electrons. The number of fused-ring (bicyclic) bond motifs is 1. The summed E-state index contributed by atoms with van der Waals surface area (Å²) in [6, 6.07) is 4.24. The minimum absolute atomic E-state index is 0.718. The molecule has 18 heavy (non-hydrogen) atoms. The van der Waals surface area contributed by atoms with Crippen LogP contribution in [-0.4, -0.2) is 44.1 Å². The Hall–Kier alpha value is -0.910. The summed E-state index contributed by atoms with van der Waals surface area (Å²) in [5.41, 5.74) is 1.22. The van der Waals surface area contributed by atoms with Gasteiger partial charge in [0.2, 0.25) is 0 Å². The van der Waals surface area contributed by atoms with Gasteiger partial charge in [0.1, 0.15) is 17.4 Å². The summed E-state index contributed by atoms with van der Waals surface area (Å²) in [5, 5.41) is 3.37. The van der Waals surface area contributed by atoms with Crippen molar-refractivity contribution in [2.24, 2.45) is 0 Å². The lowest BCUT2D eigenvalue weighted by molar-refractivity contribution is 0.229. The normalized spacial score (nSPS) is 19.4. The topological polar surface area (TPSA) is 33.7 Å². The number of thioether (sulfide) groups is 1. The Morgan fingerprint density at radius 3 is 3.00 bits per heavy atom.